The van der Waals surface area contributed by atoms with Gasteiger partial charge in [0.15, 0.2) is 0 Å². The summed E-state index contributed by atoms with van der Waals surface area (Å²) in [6.45, 7) is 10.5. The van der Waals surface area contributed by atoms with Crippen LogP contribution in [-0.2, 0) is 14.3 Å². The molecule has 1 rings (SSSR count). The highest BCUT2D eigenvalue weighted by Gasteiger charge is 2.27. The number of hydrogen-bond donors (Lipinski definition) is 1. The third-order valence-corrected chi connectivity index (χ3v) is 4.57. The minimum absolute atomic E-state index is 0.0924. The second-order valence-corrected chi connectivity index (χ2v) is 8.58. The van der Waals surface area contributed by atoms with Gasteiger partial charge in [0.1, 0.15) is 22.5 Å². The molecule has 26 heavy (non-hydrogen) atoms. The quantitative estimate of drug-likeness (QED) is 0.518. The van der Waals surface area contributed by atoms with Crippen molar-refractivity contribution in [2.24, 2.45) is 5.92 Å². The molecule has 0 aromatic heterocycles. The molecule has 0 aliphatic heterocycles. The first-order valence-corrected chi connectivity index (χ1v) is 9.52. The summed E-state index contributed by atoms with van der Waals surface area (Å²) >= 11 is 0.980. The number of halogens is 2. The van der Waals surface area contributed by atoms with Crippen molar-refractivity contribution >= 4 is 29.3 Å². The van der Waals surface area contributed by atoms with Crippen molar-refractivity contribution in [2.45, 2.75) is 70.1 Å². The van der Waals surface area contributed by atoms with Gasteiger partial charge in [-0.2, -0.15) is 0 Å². The Morgan fingerprint density at radius 3 is 2.31 bits per heavy atom. The van der Waals surface area contributed by atoms with Gasteiger partial charge in [0.25, 0.3) is 0 Å². The largest absolute Gasteiger partial charge is 0.459 e. The SMILES string of the molecule is CCCC(Sc1cc(NC(=O)C(C)C)c(F)cc1F)C(=O)OC(C)(C)C. The topological polar surface area (TPSA) is 55.4 Å². The number of carbonyl (C=O) groups is 2. The van der Waals surface area contributed by atoms with E-state index in [0.717, 1.165) is 17.8 Å². The number of carbonyl (C=O) groups excluding carboxylic acids is 2. The van der Waals surface area contributed by atoms with Gasteiger partial charge in [-0.05, 0) is 33.3 Å². The average Bonchev–Trinajstić information content (AvgIpc) is 2.49. The Kier molecular flexibility index (Phi) is 8.06. The maximum atomic E-state index is 14.2. The van der Waals surface area contributed by atoms with E-state index in [-0.39, 0.29) is 22.4 Å². The fraction of sp³-hybridized carbons (Fsp3) is 0.579. The van der Waals surface area contributed by atoms with Gasteiger partial charge in [-0.15, -0.1) is 11.8 Å². The zero-order valence-corrected chi connectivity index (χ0v) is 16.9. The van der Waals surface area contributed by atoms with Crippen LogP contribution in [0.15, 0.2) is 17.0 Å². The van der Waals surface area contributed by atoms with Crippen LogP contribution in [0.5, 0.6) is 0 Å². The predicted octanol–water partition coefficient (Wildman–Crippen LogP) is 5.16. The molecule has 4 nitrogen and oxygen atoms in total. The number of anilines is 1. The maximum Gasteiger partial charge on any atom is 0.319 e. The van der Waals surface area contributed by atoms with Crippen molar-refractivity contribution < 1.29 is 23.1 Å². The van der Waals surface area contributed by atoms with Gasteiger partial charge in [-0.3, -0.25) is 9.59 Å². The molecule has 146 valence electrons. The first-order valence-electron chi connectivity index (χ1n) is 8.64. The molecule has 7 heteroatoms. The number of benzene rings is 1. The summed E-state index contributed by atoms with van der Waals surface area (Å²) in [4.78, 5) is 24.3. The third kappa shape index (κ3) is 6.94. The molecule has 0 saturated heterocycles. The predicted molar refractivity (Wildman–Crippen MR) is 100 cm³/mol. The highest BCUT2D eigenvalue weighted by atomic mass is 32.2. The van der Waals surface area contributed by atoms with Gasteiger partial charge in [-0.25, -0.2) is 8.78 Å². The Balaban J connectivity index is 3.07. The summed E-state index contributed by atoms with van der Waals surface area (Å²) in [7, 11) is 0. The summed E-state index contributed by atoms with van der Waals surface area (Å²) in [6, 6.07) is 1.94. The van der Waals surface area contributed by atoms with Crippen LogP contribution in [0.25, 0.3) is 0 Å². The molecular formula is C19H27F2NO3S. The summed E-state index contributed by atoms with van der Waals surface area (Å²) in [6.07, 6.45) is 1.20. The minimum Gasteiger partial charge on any atom is -0.459 e. The number of nitrogens with one attached hydrogen (secondary N) is 1. The third-order valence-electron chi connectivity index (χ3n) is 3.29. The highest BCUT2D eigenvalue weighted by Crippen LogP contribution is 2.33. The van der Waals surface area contributed by atoms with Gasteiger partial charge < -0.3 is 10.1 Å². The molecule has 1 aromatic rings. The van der Waals surface area contributed by atoms with E-state index in [1.165, 1.54) is 6.07 Å². The maximum absolute atomic E-state index is 14.2. The Morgan fingerprint density at radius 1 is 1.19 bits per heavy atom. The first kappa shape index (κ1) is 22.4. The standard InChI is InChI=1S/C19H27F2NO3S/c1-7-8-15(18(24)25-19(4,5)6)26-16-10-14(12(20)9-13(16)21)22-17(23)11(2)3/h9-11,15H,7-8H2,1-6H3,(H,22,23). The van der Waals surface area contributed by atoms with Crippen LogP contribution in [0.2, 0.25) is 0 Å². The molecule has 1 amide bonds. The number of hydrogen-bond acceptors (Lipinski definition) is 4. The number of rotatable bonds is 7. The summed E-state index contributed by atoms with van der Waals surface area (Å²) in [5.41, 5.74) is -0.756. The van der Waals surface area contributed by atoms with Crippen molar-refractivity contribution in [3.8, 4) is 0 Å². The number of thioether (sulfide) groups is 1. The first-order chi connectivity index (χ1) is 11.9. The van der Waals surface area contributed by atoms with Crippen molar-refractivity contribution in [2.75, 3.05) is 5.32 Å². The van der Waals surface area contributed by atoms with Crippen molar-refractivity contribution in [3.05, 3.63) is 23.8 Å². The zero-order valence-electron chi connectivity index (χ0n) is 16.1. The van der Waals surface area contributed by atoms with Crippen molar-refractivity contribution in [1.82, 2.24) is 0 Å². The lowest BCUT2D eigenvalue weighted by Gasteiger charge is -2.24. The van der Waals surface area contributed by atoms with Crippen LogP contribution >= 0.6 is 11.8 Å². The van der Waals surface area contributed by atoms with Crippen LogP contribution in [0.1, 0.15) is 54.4 Å². The van der Waals surface area contributed by atoms with E-state index < -0.39 is 28.5 Å². The summed E-state index contributed by atoms with van der Waals surface area (Å²) in [5, 5.41) is 1.82. The smallest absolute Gasteiger partial charge is 0.319 e. The lowest BCUT2D eigenvalue weighted by molar-refractivity contribution is -0.154. The Bertz CT molecular complexity index is 657. The molecule has 0 aliphatic rings. The van der Waals surface area contributed by atoms with Gasteiger partial charge >= 0.3 is 5.97 Å². The van der Waals surface area contributed by atoms with Crippen LogP contribution in [-0.4, -0.2) is 22.7 Å². The molecule has 1 aromatic carbocycles. The zero-order chi connectivity index (χ0) is 20.1. The lowest BCUT2D eigenvalue weighted by atomic mass is 10.2. The molecule has 0 radical (unpaired) electrons. The summed E-state index contributed by atoms with van der Waals surface area (Å²) < 4.78 is 33.6. The number of esters is 1. The molecule has 0 bridgehead atoms. The average molecular weight is 387 g/mol. The second-order valence-electron chi connectivity index (χ2n) is 7.34. The molecular weight excluding hydrogens is 360 g/mol. The second kappa shape index (κ2) is 9.35. The number of amides is 1. The van der Waals surface area contributed by atoms with E-state index in [2.05, 4.69) is 5.32 Å². The van der Waals surface area contributed by atoms with E-state index in [4.69, 9.17) is 4.74 Å². The Hall–Kier alpha value is -1.63. The normalized spacial score (nSPS) is 12.8. The van der Waals surface area contributed by atoms with Crippen molar-refractivity contribution in [3.63, 3.8) is 0 Å². The van der Waals surface area contributed by atoms with E-state index >= 15 is 0 Å². The fourth-order valence-electron chi connectivity index (χ4n) is 2.00. The number of ether oxygens (including phenoxy) is 1. The fourth-order valence-corrected chi connectivity index (χ4v) is 3.16. The molecule has 0 saturated carbocycles. The Morgan fingerprint density at radius 2 is 1.81 bits per heavy atom. The van der Waals surface area contributed by atoms with Gasteiger partial charge in [0.05, 0.1) is 5.69 Å². The molecule has 0 heterocycles. The van der Waals surface area contributed by atoms with Gasteiger partial charge in [0.2, 0.25) is 5.91 Å². The molecule has 0 fully saturated rings. The van der Waals surface area contributed by atoms with E-state index in [1.54, 1.807) is 34.6 Å². The highest BCUT2D eigenvalue weighted by molar-refractivity contribution is 8.00. The molecule has 1 unspecified atom stereocenters. The van der Waals surface area contributed by atoms with E-state index in [1.807, 2.05) is 6.92 Å². The molecule has 1 atom stereocenters. The van der Waals surface area contributed by atoms with E-state index in [9.17, 15) is 18.4 Å². The van der Waals surface area contributed by atoms with Crippen LogP contribution < -0.4 is 5.32 Å². The van der Waals surface area contributed by atoms with Gasteiger partial charge in [-0.1, -0.05) is 27.2 Å². The minimum atomic E-state index is -0.856. The van der Waals surface area contributed by atoms with Gasteiger partial charge in [0, 0.05) is 16.9 Å². The lowest BCUT2D eigenvalue weighted by Crippen LogP contribution is -2.30. The molecule has 0 aliphatic carbocycles. The summed E-state index contributed by atoms with van der Waals surface area (Å²) in [5.74, 6) is -2.79. The molecule has 0 spiro atoms. The Labute approximate surface area is 158 Å². The van der Waals surface area contributed by atoms with Crippen molar-refractivity contribution in [1.29, 1.82) is 0 Å². The van der Waals surface area contributed by atoms with Crippen LogP contribution in [0.4, 0.5) is 14.5 Å². The monoisotopic (exact) mass is 387 g/mol. The van der Waals surface area contributed by atoms with E-state index in [0.29, 0.717) is 12.8 Å². The van der Waals surface area contributed by atoms with Crippen LogP contribution in [0.3, 0.4) is 0 Å². The molecule has 1 N–H and O–H groups in total. The van der Waals surface area contributed by atoms with Crippen LogP contribution in [0, 0.1) is 17.6 Å².